The molecule has 0 N–H and O–H groups in total. The second-order valence-corrected chi connectivity index (χ2v) is 8.20. The van der Waals surface area contributed by atoms with Crippen molar-refractivity contribution in [1.29, 1.82) is 0 Å². The Morgan fingerprint density at radius 1 is 0.806 bits per heavy atom. The molecule has 0 bridgehead atoms. The van der Waals surface area contributed by atoms with Crippen LogP contribution in [0.4, 0.5) is 0 Å². The van der Waals surface area contributed by atoms with Crippen molar-refractivity contribution in [3.63, 3.8) is 0 Å². The number of hydrogen-bond acceptors (Lipinski definition) is 6. The zero-order valence-electron chi connectivity index (χ0n) is 19.6. The van der Waals surface area contributed by atoms with Crippen LogP contribution in [0.25, 0.3) is 44.2 Å². The molecule has 0 fully saturated rings. The molecule has 36 heavy (non-hydrogen) atoms. The van der Waals surface area contributed by atoms with E-state index >= 15 is 0 Å². The molecule has 176 valence electrons. The Bertz CT molecular complexity index is 1850. The molecule has 0 saturated carbocycles. The highest BCUT2D eigenvalue weighted by atomic mass is 16.5. The summed E-state index contributed by atoms with van der Waals surface area (Å²) in [5, 5.41) is 7.77. The number of methoxy groups -OCH3 is 2. The Morgan fingerprint density at radius 3 is 2.33 bits per heavy atom. The molecule has 0 radical (unpaired) electrons. The molecule has 4 aromatic carbocycles. The van der Waals surface area contributed by atoms with E-state index in [2.05, 4.69) is 5.10 Å². The third-order valence-corrected chi connectivity index (χ3v) is 6.17. The highest BCUT2D eigenvalue weighted by Crippen LogP contribution is 2.33. The summed E-state index contributed by atoms with van der Waals surface area (Å²) in [5.41, 5.74) is 1.73. The first-order valence-electron chi connectivity index (χ1n) is 11.4. The minimum absolute atomic E-state index is 0.294. The van der Waals surface area contributed by atoms with Crippen molar-refractivity contribution in [3.05, 3.63) is 101 Å². The maximum atomic E-state index is 13.6. The topological polar surface area (TPSA) is 78.9 Å². The minimum Gasteiger partial charge on any atom is -0.496 e. The summed E-state index contributed by atoms with van der Waals surface area (Å²) < 4.78 is 18.4. The lowest BCUT2D eigenvalue weighted by atomic mass is 10.0. The van der Waals surface area contributed by atoms with Gasteiger partial charge in [-0.05, 0) is 47.9 Å². The van der Waals surface area contributed by atoms with Crippen molar-refractivity contribution in [1.82, 2.24) is 9.66 Å². The maximum Gasteiger partial charge on any atom is 0.282 e. The molecular weight excluding hydrogens is 454 g/mol. The second-order valence-electron chi connectivity index (χ2n) is 8.20. The van der Waals surface area contributed by atoms with Gasteiger partial charge in [0.15, 0.2) is 5.76 Å². The average molecular weight is 476 g/mol. The fourth-order valence-corrected chi connectivity index (χ4v) is 4.42. The molecule has 2 aromatic heterocycles. The van der Waals surface area contributed by atoms with E-state index in [1.54, 1.807) is 32.6 Å². The summed E-state index contributed by atoms with van der Waals surface area (Å²) in [6.45, 7) is 0. The number of hydrogen-bond donors (Lipinski definition) is 0. The third kappa shape index (κ3) is 3.49. The fraction of sp³-hybridized carbons (Fsp3) is 0.0690. The lowest BCUT2D eigenvalue weighted by Crippen LogP contribution is -2.20. The van der Waals surface area contributed by atoms with E-state index in [9.17, 15) is 4.79 Å². The first-order valence-corrected chi connectivity index (χ1v) is 11.4. The zero-order valence-corrected chi connectivity index (χ0v) is 19.6. The van der Waals surface area contributed by atoms with Crippen LogP contribution in [0.3, 0.4) is 0 Å². The van der Waals surface area contributed by atoms with Gasteiger partial charge in [-0.25, -0.2) is 4.98 Å². The molecule has 0 aliphatic heterocycles. The van der Waals surface area contributed by atoms with Gasteiger partial charge in [0.25, 0.3) is 5.56 Å². The number of ether oxygens (including phenoxy) is 2. The summed E-state index contributed by atoms with van der Waals surface area (Å²) in [5.74, 6) is 2.15. The van der Waals surface area contributed by atoms with Gasteiger partial charge in [0, 0.05) is 10.9 Å². The van der Waals surface area contributed by atoms with Gasteiger partial charge in [-0.1, -0.05) is 42.5 Å². The number of benzene rings is 4. The quantitative estimate of drug-likeness (QED) is 0.292. The van der Waals surface area contributed by atoms with Crippen LogP contribution in [0.5, 0.6) is 11.5 Å². The van der Waals surface area contributed by atoms with E-state index in [1.807, 2.05) is 72.8 Å². The molecule has 0 spiro atoms. The number of aromatic nitrogens is 2. The maximum absolute atomic E-state index is 13.6. The SMILES string of the molecule is COc1cccc2oc(-c3nc4ccccc4c(=O)n3N=Cc3ccc(OC)c4ccccc34)cc12. The number of para-hydroxylation sites is 1. The van der Waals surface area contributed by atoms with Gasteiger partial charge in [-0.2, -0.15) is 9.78 Å². The predicted octanol–water partition coefficient (Wildman–Crippen LogP) is 5.86. The van der Waals surface area contributed by atoms with Gasteiger partial charge in [0.2, 0.25) is 5.82 Å². The average Bonchev–Trinajstić information content (AvgIpc) is 3.37. The molecule has 7 nitrogen and oxygen atoms in total. The Labute approximate surface area is 205 Å². The Kier molecular flexibility index (Phi) is 5.22. The van der Waals surface area contributed by atoms with Crippen molar-refractivity contribution in [2.75, 3.05) is 14.2 Å². The normalized spacial score (nSPS) is 11.6. The molecule has 2 heterocycles. The first kappa shape index (κ1) is 21.6. The van der Waals surface area contributed by atoms with Gasteiger partial charge in [0.05, 0.1) is 36.7 Å². The summed E-state index contributed by atoms with van der Waals surface area (Å²) >= 11 is 0. The number of rotatable bonds is 5. The van der Waals surface area contributed by atoms with Crippen molar-refractivity contribution < 1.29 is 13.9 Å². The van der Waals surface area contributed by atoms with Crippen LogP contribution < -0.4 is 15.0 Å². The monoisotopic (exact) mass is 475 g/mol. The van der Waals surface area contributed by atoms with Crippen molar-refractivity contribution in [3.8, 4) is 23.1 Å². The van der Waals surface area contributed by atoms with E-state index in [1.165, 1.54) is 4.68 Å². The molecule has 6 rings (SSSR count). The molecule has 0 aliphatic carbocycles. The smallest absolute Gasteiger partial charge is 0.282 e. The Morgan fingerprint density at radius 2 is 1.53 bits per heavy atom. The summed E-state index contributed by atoms with van der Waals surface area (Å²) in [7, 11) is 3.25. The summed E-state index contributed by atoms with van der Waals surface area (Å²) in [6, 6.07) is 26.3. The van der Waals surface area contributed by atoms with Crippen LogP contribution in [0.15, 0.2) is 99.2 Å². The molecule has 6 aromatic rings. The molecule has 0 saturated heterocycles. The lowest BCUT2D eigenvalue weighted by Gasteiger charge is -2.09. The summed E-state index contributed by atoms with van der Waals surface area (Å²) in [6.07, 6.45) is 1.66. The Balaban J connectivity index is 1.58. The van der Waals surface area contributed by atoms with Gasteiger partial charge in [0.1, 0.15) is 17.1 Å². The predicted molar refractivity (Wildman–Crippen MR) is 141 cm³/mol. The van der Waals surface area contributed by atoms with Gasteiger partial charge in [-0.3, -0.25) is 4.79 Å². The van der Waals surface area contributed by atoms with Crippen molar-refractivity contribution >= 4 is 38.9 Å². The third-order valence-electron chi connectivity index (χ3n) is 6.17. The minimum atomic E-state index is -0.294. The standard InChI is InChI=1S/C29H21N3O4/c1-34-24-12-7-13-26-22(24)16-27(36-26)28-31-23-11-6-5-10-21(23)29(33)32(28)30-17-18-14-15-25(35-2)20-9-4-3-8-19(18)20/h3-17H,1-2H3. The fourth-order valence-electron chi connectivity index (χ4n) is 4.42. The molecule has 0 atom stereocenters. The molecule has 0 unspecified atom stereocenters. The Hall–Kier alpha value is -4.91. The van der Waals surface area contributed by atoms with E-state index < -0.39 is 0 Å². The summed E-state index contributed by atoms with van der Waals surface area (Å²) in [4.78, 5) is 18.3. The zero-order chi connectivity index (χ0) is 24.6. The van der Waals surface area contributed by atoms with Crippen LogP contribution in [0.1, 0.15) is 5.56 Å². The largest absolute Gasteiger partial charge is 0.496 e. The van der Waals surface area contributed by atoms with Crippen LogP contribution in [-0.4, -0.2) is 30.1 Å². The van der Waals surface area contributed by atoms with Crippen molar-refractivity contribution in [2.45, 2.75) is 0 Å². The number of furan rings is 1. The van der Waals surface area contributed by atoms with Crippen LogP contribution in [0, 0.1) is 0 Å². The van der Waals surface area contributed by atoms with E-state index in [0.29, 0.717) is 33.8 Å². The van der Waals surface area contributed by atoms with Crippen molar-refractivity contribution in [2.24, 2.45) is 5.10 Å². The van der Waals surface area contributed by atoms with Gasteiger partial charge in [-0.15, -0.1) is 0 Å². The number of nitrogens with zero attached hydrogens (tertiary/aromatic N) is 3. The molecule has 0 amide bonds. The lowest BCUT2D eigenvalue weighted by molar-refractivity contribution is 0.419. The van der Waals surface area contributed by atoms with Crippen LogP contribution >= 0.6 is 0 Å². The highest BCUT2D eigenvalue weighted by molar-refractivity contribution is 6.02. The number of fused-ring (bicyclic) bond motifs is 3. The second kappa shape index (κ2) is 8.70. The van der Waals surface area contributed by atoms with Crippen LogP contribution in [-0.2, 0) is 0 Å². The molecule has 0 aliphatic rings. The highest BCUT2D eigenvalue weighted by Gasteiger charge is 2.18. The van der Waals surface area contributed by atoms with Crippen LogP contribution in [0.2, 0.25) is 0 Å². The van der Waals surface area contributed by atoms with Gasteiger partial charge < -0.3 is 13.9 Å². The van der Waals surface area contributed by atoms with E-state index in [4.69, 9.17) is 18.9 Å². The molecule has 7 heteroatoms. The molecular formula is C29H21N3O4. The first-order chi connectivity index (χ1) is 17.7. The van der Waals surface area contributed by atoms with E-state index in [0.717, 1.165) is 27.5 Å². The van der Waals surface area contributed by atoms with E-state index in [-0.39, 0.29) is 5.56 Å². The van der Waals surface area contributed by atoms with Gasteiger partial charge >= 0.3 is 0 Å².